The molecule has 0 aliphatic carbocycles. The summed E-state index contributed by atoms with van der Waals surface area (Å²) in [5, 5.41) is 3.67. The van der Waals surface area contributed by atoms with Gasteiger partial charge in [-0.2, -0.15) is 0 Å². The molecule has 1 aromatic carbocycles. The standard InChI is InChI=1S/C18H29N/c1-5-13-19-18(11-9-15(2)3)12-10-17-8-6-7-16(4)14-17/h6-8,14,18-19H,2,5,9-13H2,1,3-4H3. The fourth-order valence-corrected chi connectivity index (χ4v) is 2.33. The molecule has 1 heteroatoms. The quantitative estimate of drug-likeness (QED) is 0.636. The maximum absolute atomic E-state index is 4.01. The first-order valence-electron chi connectivity index (χ1n) is 7.55. The third kappa shape index (κ3) is 7.17. The summed E-state index contributed by atoms with van der Waals surface area (Å²) < 4.78 is 0. The van der Waals surface area contributed by atoms with E-state index in [1.807, 2.05) is 0 Å². The van der Waals surface area contributed by atoms with E-state index >= 15 is 0 Å². The van der Waals surface area contributed by atoms with Crippen molar-refractivity contribution in [2.75, 3.05) is 6.54 Å². The van der Waals surface area contributed by atoms with Gasteiger partial charge in [0.25, 0.3) is 0 Å². The van der Waals surface area contributed by atoms with Crippen LogP contribution in [0, 0.1) is 6.92 Å². The van der Waals surface area contributed by atoms with Crippen molar-refractivity contribution in [2.24, 2.45) is 0 Å². The molecule has 0 aromatic heterocycles. The van der Waals surface area contributed by atoms with E-state index in [4.69, 9.17) is 0 Å². The summed E-state index contributed by atoms with van der Waals surface area (Å²) in [5.41, 5.74) is 4.11. The van der Waals surface area contributed by atoms with Crippen LogP contribution in [0.1, 0.15) is 50.7 Å². The summed E-state index contributed by atoms with van der Waals surface area (Å²) >= 11 is 0. The van der Waals surface area contributed by atoms with E-state index in [1.165, 1.54) is 42.4 Å². The van der Waals surface area contributed by atoms with Crippen molar-refractivity contribution < 1.29 is 0 Å². The maximum Gasteiger partial charge on any atom is 0.00732 e. The summed E-state index contributed by atoms with van der Waals surface area (Å²) in [5.74, 6) is 0. The molecule has 0 aliphatic heterocycles. The molecule has 1 aromatic rings. The summed E-state index contributed by atoms with van der Waals surface area (Å²) in [6.45, 7) is 11.6. The molecule has 0 bridgehead atoms. The Morgan fingerprint density at radius 3 is 2.74 bits per heavy atom. The lowest BCUT2D eigenvalue weighted by atomic mass is 9.99. The van der Waals surface area contributed by atoms with Gasteiger partial charge >= 0.3 is 0 Å². The van der Waals surface area contributed by atoms with Crippen LogP contribution in [-0.4, -0.2) is 12.6 Å². The Kier molecular flexibility index (Phi) is 7.50. The van der Waals surface area contributed by atoms with Crippen molar-refractivity contribution in [3.63, 3.8) is 0 Å². The number of rotatable bonds is 9. The lowest BCUT2D eigenvalue weighted by molar-refractivity contribution is 0.452. The van der Waals surface area contributed by atoms with Gasteiger partial charge in [0.2, 0.25) is 0 Å². The van der Waals surface area contributed by atoms with Crippen LogP contribution in [0.3, 0.4) is 0 Å². The molecule has 1 N–H and O–H groups in total. The first kappa shape index (κ1) is 16.0. The van der Waals surface area contributed by atoms with E-state index in [2.05, 4.69) is 56.9 Å². The van der Waals surface area contributed by atoms with Crippen LogP contribution >= 0.6 is 0 Å². The van der Waals surface area contributed by atoms with Crippen LogP contribution < -0.4 is 5.32 Å². The summed E-state index contributed by atoms with van der Waals surface area (Å²) in [6, 6.07) is 9.49. The number of aryl methyl sites for hydroxylation is 2. The van der Waals surface area contributed by atoms with Gasteiger partial charge in [0, 0.05) is 6.04 Å². The molecule has 1 rings (SSSR count). The Labute approximate surface area is 119 Å². The van der Waals surface area contributed by atoms with Gasteiger partial charge < -0.3 is 5.32 Å². The zero-order valence-corrected chi connectivity index (χ0v) is 12.8. The third-order valence-electron chi connectivity index (χ3n) is 3.47. The van der Waals surface area contributed by atoms with Crippen LogP contribution in [-0.2, 0) is 6.42 Å². The highest BCUT2D eigenvalue weighted by Crippen LogP contribution is 2.12. The van der Waals surface area contributed by atoms with Gasteiger partial charge in [-0.25, -0.2) is 0 Å². The maximum atomic E-state index is 4.01. The van der Waals surface area contributed by atoms with Crippen molar-refractivity contribution in [2.45, 2.75) is 58.9 Å². The Morgan fingerprint density at radius 1 is 1.32 bits per heavy atom. The molecule has 0 spiro atoms. The van der Waals surface area contributed by atoms with E-state index < -0.39 is 0 Å². The molecular formula is C18H29N. The van der Waals surface area contributed by atoms with Gasteiger partial charge in [-0.3, -0.25) is 0 Å². The highest BCUT2D eigenvalue weighted by Gasteiger charge is 2.08. The van der Waals surface area contributed by atoms with Gasteiger partial charge in [-0.05, 0) is 58.1 Å². The van der Waals surface area contributed by atoms with E-state index in [1.54, 1.807) is 0 Å². The average Bonchev–Trinajstić information content (AvgIpc) is 2.37. The van der Waals surface area contributed by atoms with Crippen LogP contribution in [0.25, 0.3) is 0 Å². The van der Waals surface area contributed by atoms with Crippen LogP contribution in [0.2, 0.25) is 0 Å². The molecule has 0 aliphatic rings. The number of allylic oxidation sites excluding steroid dienone is 1. The summed E-state index contributed by atoms with van der Waals surface area (Å²) in [6.07, 6.45) is 5.93. The fourth-order valence-electron chi connectivity index (χ4n) is 2.33. The van der Waals surface area contributed by atoms with Crippen molar-refractivity contribution in [3.05, 3.63) is 47.5 Å². The minimum absolute atomic E-state index is 0.622. The normalized spacial score (nSPS) is 12.4. The topological polar surface area (TPSA) is 12.0 Å². The highest BCUT2D eigenvalue weighted by molar-refractivity contribution is 5.22. The van der Waals surface area contributed by atoms with Gasteiger partial charge in [-0.1, -0.05) is 42.3 Å². The molecule has 1 unspecified atom stereocenters. The Bertz CT molecular complexity index is 381. The summed E-state index contributed by atoms with van der Waals surface area (Å²) in [7, 11) is 0. The van der Waals surface area contributed by atoms with Gasteiger partial charge in [0.1, 0.15) is 0 Å². The third-order valence-corrected chi connectivity index (χ3v) is 3.47. The van der Waals surface area contributed by atoms with Crippen LogP contribution in [0.4, 0.5) is 0 Å². The van der Waals surface area contributed by atoms with Gasteiger partial charge in [0.05, 0.1) is 0 Å². The van der Waals surface area contributed by atoms with Crippen molar-refractivity contribution in [1.29, 1.82) is 0 Å². The SMILES string of the molecule is C=C(C)CCC(CCc1cccc(C)c1)NCCC. The largest absolute Gasteiger partial charge is 0.314 e. The molecule has 1 nitrogen and oxygen atoms in total. The molecular weight excluding hydrogens is 230 g/mol. The molecule has 0 saturated carbocycles. The minimum Gasteiger partial charge on any atom is -0.314 e. The number of benzene rings is 1. The van der Waals surface area contributed by atoms with Crippen LogP contribution in [0.15, 0.2) is 36.4 Å². The molecule has 1 atom stereocenters. The van der Waals surface area contributed by atoms with E-state index in [9.17, 15) is 0 Å². The van der Waals surface area contributed by atoms with Crippen LogP contribution in [0.5, 0.6) is 0 Å². The van der Waals surface area contributed by atoms with Crippen molar-refractivity contribution in [1.82, 2.24) is 5.32 Å². The molecule has 0 heterocycles. The number of hydrogen-bond donors (Lipinski definition) is 1. The Morgan fingerprint density at radius 2 is 2.11 bits per heavy atom. The fraction of sp³-hybridized carbons (Fsp3) is 0.556. The predicted octanol–water partition coefficient (Wildman–Crippen LogP) is 4.65. The molecule has 0 saturated heterocycles. The van der Waals surface area contributed by atoms with Gasteiger partial charge in [-0.15, -0.1) is 6.58 Å². The first-order valence-corrected chi connectivity index (χ1v) is 7.55. The second kappa shape index (κ2) is 8.92. The zero-order valence-electron chi connectivity index (χ0n) is 12.8. The molecule has 106 valence electrons. The molecule has 19 heavy (non-hydrogen) atoms. The molecule has 0 radical (unpaired) electrons. The average molecular weight is 259 g/mol. The lowest BCUT2D eigenvalue weighted by Crippen LogP contribution is -2.30. The zero-order chi connectivity index (χ0) is 14.1. The molecule has 0 amide bonds. The number of nitrogens with one attached hydrogen (secondary N) is 1. The molecule has 0 fully saturated rings. The second-order valence-electron chi connectivity index (χ2n) is 5.67. The lowest BCUT2D eigenvalue weighted by Gasteiger charge is -2.18. The predicted molar refractivity (Wildman–Crippen MR) is 85.6 cm³/mol. The number of hydrogen-bond acceptors (Lipinski definition) is 1. The Balaban J connectivity index is 2.44. The second-order valence-corrected chi connectivity index (χ2v) is 5.67. The summed E-state index contributed by atoms with van der Waals surface area (Å²) in [4.78, 5) is 0. The smallest absolute Gasteiger partial charge is 0.00732 e. The monoisotopic (exact) mass is 259 g/mol. The minimum atomic E-state index is 0.622. The van der Waals surface area contributed by atoms with Crippen molar-refractivity contribution in [3.8, 4) is 0 Å². The van der Waals surface area contributed by atoms with Gasteiger partial charge in [0.15, 0.2) is 0 Å². The first-order chi connectivity index (χ1) is 9.11. The van der Waals surface area contributed by atoms with E-state index in [-0.39, 0.29) is 0 Å². The van der Waals surface area contributed by atoms with Crippen molar-refractivity contribution >= 4 is 0 Å². The highest BCUT2D eigenvalue weighted by atomic mass is 14.9. The Hall–Kier alpha value is -1.08. The van der Waals surface area contributed by atoms with E-state index in [0.717, 1.165) is 13.0 Å². The van der Waals surface area contributed by atoms with E-state index in [0.29, 0.717) is 6.04 Å².